The number of thiophene rings is 1. The van der Waals surface area contributed by atoms with Gasteiger partial charge in [0.05, 0.1) is 16.3 Å². The third kappa shape index (κ3) is 3.35. The van der Waals surface area contributed by atoms with Crippen molar-refractivity contribution in [2.45, 2.75) is 6.92 Å². The number of aryl methyl sites for hydroxylation is 1. The lowest BCUT2D eigenvalue weighted by molar-refractivity contribution is 0.0751. The maximum absolute atomic E-state index is 13.3. The van der Waals surface area contributed by atoms with E-state index in [-0.39, 0.29) is 11.7 Å². The number of nitrogens with zero attached hydrogens (tertiary/aromatic N) is 4. The summed E-state index contributed by atoms with van der Waals surface area (Å²) in [6.07, 6.45) is 0. The molecule has 4 aromatic rings. The van der Waals surface area contributed by atoms with Crippen molar-refractivity contribution in [2.75, 3.05) is 31.1 Å². The molecule has 0 N–H and O–H groups in total. The first kappa shape index (κ1) is 18.8. The molecule has 152 valence electrons. The zero-order chi connectivity index (χ0) is 20.7. The van der Waals surface area contributed by atoms with Crippen molar-refractivity contribution in [1.29, 1.82) is 0 Å². The molecule has 0 bridgehead atoms. The Morgan fingerprint density at radius 3 is 2.37 bits per heavy atom. The van der Waals surface area contributed by atoms with Crippen LogP contribution in [0.5, 0.6) is 0 Å². The first-order valence-corrected chi connectivity index (χ1v) is 10.8. The van der Waals surface area contributed by atoms with Gasteiger partial charge >= 0.3 is 0 Å². The fourth-order valence-corrected chi connectivity index (χ4v) is 5.02. The summed E-state index contributed by atoms with van der Waals surface area (Å²) in [7, 11) is 0. The quantitative estimate of drug-likeness (QED) is 0.490. The van der Waals surface area contributed by atoms with Gasteiger partial charge in [0.1, 0.15) is 10.6 Å². The number of halogens is 1. The first-order valence-electron chi connectivity index (χ1n) is 9.94. The molecular formula is C23H21FN4OS. The lowest BCUT2D eigenvalue weighted by Crippen LogP contribution is -2.48. The lowest BCUT2D eigenvalue weighted by atomic mass is 10.2. The van der Waals surface area contributed by atoms with Gasteiger partial charge in [-0.25, -0.2) is 9.07 Å². The molecule has 3 heterocycles. The molecule has 0 saturated carbocycles. The Hall–Kier alpha value is -3.19. The van der Waals surface area contributed by atoms with Crippen molar-refractivity contribution >= 4 is 33.1 Å². The Labute approximate surface area is 178 Å². The highest BCUT2D eigenvalue weighted by Gasteiger charge is 2.25. The lowest BCUT2D eigenvalue weighted by Gasteiger charge is -2.35. The minimum Gasteiger partial charge on any atom is -0.368 e. The van der Waals surface area contributed by atoms with Crippen molar-refractivity contribution in [3.63, 3.8) is 0 Å². The monoisotopic (exact) mass is 420 g/mol. The van der Waals surface area contributed by atoms with Gasteiger partial charge in [-0.3, -0.25) is 4.79 Å². The van der Waals surface area contributed by atoms with Crippen molar-refractivity contribution < 1.29 is 9.18 Å². The number of carbonyl (C=O) groups is 1. The van der Waals surface area contributed by atoms with Crippen molar-refractivity contribution in [3.8, 4) is 5.69 Å². The van der Waals surface area contributed by atoms with E-state index in [9.17, 15) is 9.18 Å². The topological polar surface area (TPSA) is 41.4 Å². The smallest absolute Gasteiger partial charge is 0.264 e. The molecule has 1 aliphatic rings. The summed E-state index contributed by atoms with van der Waals surface area (Å²) < 4.78 is 15.1. The zero-order valence-electron chi connectivity index (χ0n) is 16.6. The molecule has 1 amide bonds. The summed E-state index contributed by atoms with van der Waals surface area (Å²) in [4.78, 5) is 19.0. The van der Waals surface area contributed by atoms with Crippen LogP contribution in [0.15, 0.2) is 60.7 Å². The number of piperazine rings is 1. The summed E-state index contributed by atoms with van der Waals surface area (Å²) >= 11 is 1.44. The SMILES string of the molecule is Cc1nn(-c2ccc(F)cc2)c2sc(C(=O)N3CCN(c4ccccc4)CC3)cc12. The predicted molar refractivity (Wildman–Crippen MR) is 118 cm³/mol. The standard InChI is InChI=1S/C23H21FN4OS/c1-16-20-15-21(30-23(20)28(25-16)19-9-7-17(24)8-10-19)22(29)27-13-11-26(12-14-27)18-5-3-2-4-6-18/h2-10,15H,11-14H2,1H3. The third-order valence-corrected chi connectivity index (χ3v) is 6.61. The fraction of sp³-hybridized carbons (Fsp3) is 0.217. The molecule has 0 radical (unpaired) electrons. The van der Waals surface area contributed by atoms with Gasteiger partial charge in [-0.1, -0.05) is 18.2 Å². The predicted octanol–water partition coefficient (Wildman–Crippen LogP) is 4.50. The summed E-state index contributed by atoms with van der Waals surface area (Å²) in [5.41, 5.74) is 2.84. The molecule has 0 atom stereocenters. The van der Waals surface area contributed by atoms with Crippen LogP contribution < -0.4 is 4.90 Å². The fourth-order valence-electron chi connectivity index (χ4n) is 3.87. The van der Waals surface area contributed by atoms with Gasteiger partial charge in [0.15, 0.2) is 0 Å². The molecule has 2 aromatic heterocycles. The van der Waals surface area contributed by atoms with Gasteiger partial charge in [-0.15, -0.1) is 11.3 Å². The van der Waals surface area contributed by atoms with E-state index in [1.807, 2.05) is 36.1 Å². The summed E-state index contributed by atoms with van der Waals surface area (Å²) in [6.45, 7) is 4.98. The Bertz CT molecular complexity index is 1190. The van der Waals surface area contributed by atoms with E-state index in [2.05, 4.69) is 22.1 Å². The van der Waals surface area contributed by atoms with Crippen LogP contribution in [0.1, 0.15) is 15.4 Å². The Morgan fingerprint density at radius 1 is 0.967 bits per heavy atom. The van der Waals surface area contributed by atoms with Crippen LogP contribution in [0.3, 0.4) is 0 Å². The van der Waals surface area contributed by atoms with Crippen LogP contribution in [0.4, 0.5) is 10.1 Å². The first-order chi connectivity index (χ1) is 14.6. The van der Waals surface area contributed by atoms with Crippen LogP contribution in [0.2, 0.25) is 0 Å². The molecule has 5 rings (SSSR count). The number of hydrogen-bond donors (Lipinski definition) is 0. The second kappa shape index (κ2) is 7.57. The van der Waals surface area contributed by atoms with Crippen LogP contribution in [0, 0.1) is 12.7 Å². The number of benzene rings is 2. The van der Waals surface area contributed by atoms with E-state index in [1.54, 1.807) is 16.8 Å². The van der Waals surface area contributed by atoms with Gasteiger partial charge in [-0.05, 0) is 49.4 Å². The Balaban J connectivity index is 1.37. The number of rotatable bonds is 3. The van der Waals surface area contributed by atoms with Crippen LogP contribution in [0.25, 0.3) is 15.9 Å². The summed E-state index contributed by atoms with van der Waals surface area (Å²) in [5, 5.41) is 5.55. The van der Waals surface area contributed by atoms with Gasteiger partial charge in [0.2, 0.25) is 0 Å². The second-order valence-electron chi connectivity index (χ2n) is 7.42. The minimum atomic E-state index is -0.282. The molecule has 1 aliphatic heterocycles. The Kier molecular flexibility index (Phi) is 4.75. The van der Waals surface area contributed by atoms with Crippen molar-refractivity contribution in [2.24, 2.45) is 0 Å². The maximum Gasteiger partial charge on any atom is 0.264 e. The number of anilines is 1. The Morgan fingerprint density at radius 2 is 1.67 bits per heavy atom. The molecule has 0 spiro atoms. The maximum atomic E-state index is 13.3. The number of fused-ring (bicyclic) bond motifs is 1. The van der Waals surface area contributed by atoms with E-state index < -0.39 is 0 Å². The van der Waals surface area contributed by atoms with Crippen molar-refractivity contribution in [1.82, 2.24) is 14.7 Å². The van der Waals surface area contributed by atoms with Crippen LogP contribution >= 0.6 is 11.3 Å². The van der Waals surface area contributed by atoms with E-state index in [0.29, 0.717) is 13.1 Å². The highest BCUT2D eigenvalue weighted by Crippen LogP contribution is 2.31. The average molecular weight is 421 g/mol. The van der Waals surface area contributed by atoms with Crippen LogP contribution in [-0.4, -0.2) is 46.8 Å². The number of para-hydroxylation sites is 1. The highest BCUT2D eigenvalue weighted by molar-refractivity contribution is 7.20. The van der Waals surface area contributed by atoms with E-state index in [4.69, 9.17) is 0 Å². The molecule has 1 fully saturated rings. The average Bonchev–Trinajstić information content (AvgIpc) is 3.35. The van der Waals surface area contributed by atoms with Crippen LogP contribution in [-0.2, 0) is 0 Å². The summed E-state index contributed by atoms with van der Waals surface area (Å²) in [6, 6.07) is 18.5. The summed E-state index contributed by atoms with van der Waals surface area (Å²) in [5.74, 6) is -0.218. The number of hydrogen-bond acceptors (Lipinski definition) is 4. The van der Waals surface area contributed by atoms with E-state index in [0.717, 1.165) is 39.6 Å². The van der Waals surface area contributed by atoms with Gasteiger partial charge in [0.25, 0.3) is 5.91 Å². The van der Waals surface area contributed by atoms with Gasteiger partial charge in [0, 0.05) is 37.3 Å². The minimum absolute atomic E-state index is 0.0639. The molecular weight excluding hydrogens is 399 g/mol. The third-order valence-electron chi connectivity index (χ3n) is 5.51. The zero-order valence-corrected chi connectivity index (χ0v) is 17.4. The second-order valence-corrected chi connectivity index (χ2v) is 8.45. The molecule has 30 heavy (non-hydrogen) atoms. The molecule has 5 nitrogen and oxygen atoms in total. The number of amides is 1. The molecule has 0 aliphatic carbocycles. The molecule has 7 heteroatoms. The molecule has 0 unspecified atom stereocenters. The van der Waals surface area contributed by atoms with E-state index >= 15 is 0 Å². The normalized spacial score (nSPS) is 14.5. The molecule has 1 saturated heterocycles. The van der Waals surface area contributed by atoms with E-state index in [1.165, 1.54) is 29.2 Å². The highest BCUT2D eigenvalue weighted by atomic mass is 32.1. The molecule has 2 aromatic carbocycles. The van der Waals surface area contributed by atoms with Gasteiger partial charge in [-0.2, -0.15) is 5.10 Å². The number of aromatic nitrogens is 2. The van der Waals surface area contributed by atoms with Crippen molar-refractivity contribution in [3.05, 3.63) is 77.1 Å². The van der Waals surface area contributed by atoms with Gasteiger partial charge < -0.3 is 9.80 Å². The number of carbonyl (C=O) groups excluding carboxylic acids is 1. The largest absolute Gasteiger partial charge is 0.368 e.